The summed E-state index contributed by atoms with van der Waals surface area (Å²) in [6.45, 7) is 16.9. The Hall–Kier alpha value is -0.0800. The second kappa shape index (κ2) is 8.15. The van der Waals surface area contributed by atoms with Crippen LogP contribution < -0.4 is 0 Å². The second-order valence-corrected chi connectivity index (χ2v) is 9.70. The molecule has 1 heterocycles. The first kappa shape index (κ1) is 20.0. The average Bonchev–Trinajstić information content (AvgIpc) is 2.37. The van der Waals surface area contributed by atoms with Crippen LogP contribution >= 0.6 is 0 Å². The summed E-state index contributed by atoms with van der Waals surface area (Å²) in [5, 5.41) is 10.7. The topological polar surface area (TPSA) is 23.5 Å². The minimum Gasteiger partial charge on any atom is -0.389 e. The quantitative estimate of drug-likeness (QED) is 0.649. The molecule has 0 bridgehead atoms. The van der Waals surface area contributed by atoms with Crippen LogP contribution in [0.1, 0.15) is 92.9 Å². The summed E-state index contributed by atoms with van der Waals surface area (Å²) < 4.78 is 0. The Morgan fingerprint density at radius 3 is 1.82 bits per heavy atom. The molecule has 0 spiro atoms. The molecule has 0 aliphatic carbocycles. The molecular formula is C20H41NO. The largest absolute Gasteiger partial charge is 0.389 e. The second-order valence-electron chi connectivity index (χ2n) is 9.70. The van der Waals surface area contributed by atoms with E-state index in [9.17, 15) is 5.11 Å². The predicted molar refractivity (Wildman–Crippen MR) is 97.2 cm³/mol. The molecule has 0 aromatic rings. The van der Waals surface area contributed by atoms with Gasteiger partial charge in [0.1, 0.15) is 0 Å². The van der Waals surface area contributed by atoms with Gasteiger partial charge in [-0.1, -0.05) is 67.2 Å². The third-order valence-corrected chi connectivity index (χ3v) is 5.48. The molecule has 0 aromatic carbocycles. The zero-order valence-corrected chi connectivity index (χ0v) is 16.2. The maximum atomic E-state index is 10.7. The smallest absolute Gasteiger partial charge is 0.0720 e. The van der Waals surface area contributed by atoms with Gasteiger partial charge in [0.25, 0.3) is 0 Å². The van der Waals surface area contributed by atoms with Crippen molar-refractivity contribution in [2.45, 2.75) is 98.5 Å². The van der Waals surface area contributed by atoms with E-state index in [0.29, 0.717) is 5.41 Å². The zero-order chi connectivity index (χ0) is 16.9. The van der Waals surface area contributed by atoms with Crippen LogP contribution in [0, 0.1) is 10.8 Å². The zero-order valence-electron chi connectivity index (χ0n) is 16.2. The molecular weight excluding hydrogens is 270 g/mol. The Morgan fingerprint density at radius 2 is 1.32 bits per heavy atom. The Kier molecular flexibility index (Phi) is 7.39. The maximum Gasteiger partial charge on any atom is 0.0720 e. The van der Waals surface area contributed by atoms with E-state index in [1.54, 1.807) is 0 Å². The molecule has 1 saturated heterocycles. The Morgan fingerprint density at radius 1 is 0.818 bits per heavy atom. The van der Waals surface area contributed by atoms with Gasteiger partial charge >= 0.3 is 0 Å². The number of hydrogen-bond acceptors (Lipinski definition) is 2. The van der Waals surface area contributed by atoms with Gasteiger partial charge in [-0.05, 0) is 43.1 Å². The van der Waals surface area contributed by atoms with Gasteiger partial charge in [-0.3, -0.25) is 0 Å². The molecule has 0 saturated carbocycles. The van der Waals surface area contributed by atoms with Crippen LogP contribution in [-0.4, -0.2) is 35.2 Å². The van der Waals surface area contributed by atoms with E-state index in [1.165, 1.54) is 45.1 Å². The molecule has 1 fully saturated rings. The number of rotatable bonds is 7. The summed E-state index contributed by atoms with van der Waals surface area (Å²) >= 11 is 0. The molecule has 0 aromatic heterocycles. The number of piperidine rings is 1. The van der Waals surface area contributed by atoms with Crippen LogP contribution in [0.4, 0.5) is 0 Å². The third-order valence-electron chi connectivity index (χ3n) is 5.48. The highest BCUT2D eigenvalue weighted by atomic mass is 16.3. The first-order valence-corrected chi connectivity index (χ1v) is 9.48. The molecule has 0 radical (unpaired) electrons. The Labute approximate surface area is 139 Å². The fourth-order valence-corrected chi connectivity index (χ4v) is 3.42. The number of likely N-dealkylation sites (tertiary alicyclic amines) is 1. The van der Waals surface area contributed by atoms with Crippen molar-refractivity contribution in [3.8, 4) is 0 Å². The van der Waals surface area contributed by atoms with Crippen LogP contribution in [-0.2, 0) is 0 Å². The minimum absolute atomic E-state index is 0.00610. The van der Waals surface area contributed by atoms with Crippen molar-refractivity contribution in [2.24, 2.45) is 10.8 Å². The highest BCUT2D eigenvalue weighted by Crippen LogP contribution is 2.38. The van der Waals surface area contributed by atoms with Crippen molar-refractivity contribution < 1.29 is 5.11 Å². The molecule has 0 amide bonds. The molecule has 22 heavy (non-hydrogen) atoms. The lowest BCUT2D eigenvalue weighted by atomic mass is 9.71. The normalized spacial score (nSPS) is 20.3. The van der Waals surface area contributed by atoms with Crippen LogP contribution in [0.3, 0.4) is 0 Å². The van der Waals surface area contributed by atoms with E-state index >= 15 is 0 Å². The fourth-order valence-electron chi connectivity index (χ4n) is 3.42. The average molecular weight is 312 g/mol. The molecule has 1 aliphatic rings. The van der Waals surface area contributed by atoms with Crippen molar-refractivity contribution in [1.29, 1.82) is 0 Å². The van der Waals surface area contributed by atoms with E-state index in [2.05, 4.69) is 46.4 Å². The number of nitrogens with zero attached hydrogens (tertiary/aromatic N) is 1. The lowest BCUT2D eigenvalue weighted by molar-refractivity contribution is -0.0988. The van der Waals surface area contributed by atoms with Crippen molar-refractivity contribution in [2.75, 3.05) is 19.6 Å². The summed E-state index contributed by atoms with van der Waals surface area (Å²) in [6.07, 6.45) is 10.1. The summed E-state index contributed by atoms with van der Waals surface area (Å²) in [5.41, 5.74) is 0.0419. The first-order valence-electron chi connectivity index (χ1n) is 9.48. The van der Waals surface area contributed by atoms with Gasteiger partial charge in [-0.25, -0.2) is 0 Å². The van der Waals surface area contributed by atoms with Crippen molar-refractivity contribution in [3.05, 3.63) is 0 Å². The number of unbranched alkanes of at least 4 members (excludes halogenated alkanes) is 4. The van der Waals surface area contributed by atoms with Gasteiger partial charge in [0, 0.05) is 13.1 Å². The molecule has 2 nitrogen and oxygen atoms in total. The molecule has 0 atom stereocenters. The van der Waals surface area contributed by atoms with Crippen LogP contribution in [0.25, 0.3) is 0 Å². The molecule has 1 rings (SSSR count). The van der Waals surface area contributed by atoms with E-state index < -0.39 is 5.60 Å². The minimum atomic E-state index is -0.462. The molecule has 0 unspecified atom stereocenters. The maximum absolute atomic E-state index is 10.7. The van der Waals surface area contributed by atoms with Crippen molar-refractivity contribution in [1.82, 2.24) is 4.90 Å². The van der Waals surface area contributed by atoms with Crippen molar-refractivity contribution >= 4 is 0 Å². The monoisotopic (exact) mass is 311 g/mol. The standard InChI is InChI=1S/C20H41NO/c1-18(2,3)12-10-8-7-9-11-15-21-16-13-20(22,14-17-21)19(4,5)6/h22H,7-17H2,1-6H3. The molecule has 2 heteroatoms. The predicted octanol–water partition coefficient (Wildman–Crippen LogP) is 5.25. The van der Waals surface area contributed by atoms with Gasteiger partial charge < -0.3 is 10.0 Å². The van der Waals surface area contributed by atoms with E-state index in [4.69, 9.17) is 0 Å². The number of hydrogen-bond donors (Lipinski definition) is 1. The molecule has 132 valence electrons. The summed E-state index contributed by atoms with van der Waals surface area (Å²) in [4.78, 5) is 2.55. The van der Waals surface area contributed by atoms with E-state index in [0.717, 1.165) is 25.9 Å². The summed E-state index contributed by atoms with van der Waals surface area (Å²) in [5.74, 6) is 0. The lowest BCUT2D eigenvalue weighted by Crippen LogP contribution is -2.51. The summed E-state index contributed by atoms with van der Waals surface area (Å²) in [7, 11) is 0. The highest BCUT2D eigenvalue weighted by Gasteiger charge is 2.41. The third kappa shape index (κ3) is 7.00. The fraction of sp³-hybridized carbons (Fsp3) is 1.00. The van der Waals surface area contributed by atoms with Gasteiger partial charge in [0.15, 0.2) is 0 Å². The molecule has 1 aliphatic heterocycles. The van der Waals surface area contributed by atoms with E-state index in [-0.39, 0.29) is 5.41 Å². The number of aliphatic hydroxyl groups is 1. The van der Waals surface area contributed by atoms with Crippen LogP contribution in [0.15, 0.2) is 0 Å². The van der Waals surface area contributed by atoms with E-state index in [1.807, 2.05) is 0 Å². The Balaban J connectivity index is 2.06. The van der Waals surface area contributed by atoms with Gasteiger partial charge in [0.2, 0.25) is 0 Å². The highest BCUT2D eigenvalue weighted by molar-refractivity contribution is 4.94. The van der Waals surface area contributed by atoms with Gasteiger partial charge in [-0.2, -0.15) is 0 Å². The first-order chi connectivity index (χ1) is 10.0. The van der Waals surface area contributed by atoms with Gasteiger partial charge in [-0.15, -0.1) is 0 Å². The lowest BCUT2D eigenvalue weighted by Gasteiger charge is -2.46. The van der Waals surface area contributed by atoms with Crippen LogP contribution in [0.5, 0.6) is 0 Å². The SMILES string of the molecule is CC(C)(C)CCCCCCCN1CCC(O)(C(C)(C)C)CC1. The Bertz CT molecular complexity index is 303. The molecule has 1 N–H and O–H groups in total. The van der Waals surface area contributed by atoms with Crippen LogP contribution in [0.2, 0.25) is 0 Å². The van der Waals surface area contributed by atoms with Gasteiger partial charge in [0.05, 0.1) is 5.60 Å². The van der Waals surface area contributed by atoms with Crippen molar-refractivity contribution in [3.63, 3.8) is 0 Å². The summed E-state index contributed by atoms with van der Waals surface area (Å²) in [6, 6.07) is 0.